The average Bonchev–Trinajstić information content (AvgIpc) is 3.45. The molecule has 0 bridgehead atoms. The van der Waals surface area contributed by atoms with E-state index in [1.54, 1.807) is 0 Å². The van der Waals surface area contributed by atoms with E-state index < -0.39 is 0 Å². The fourth-order valence-electron chi connectivity index (χ4n) is 3.85. The Morgan fingerprint density at radius 3 is 2.79 bits per heavy atom. The molecule has 4 rings (SSSR count). The van der Waals surface area contributed by atoms with Crippen molar-refractivity contribution in [1.29, 1.82) is 0 Å². The van der Waals surface area contributed by atoms with Crippen LogP contribution in [0.25, 0.3) is 10.9 Å². The van der Waals surface area contributed by atoms with Gasteiger partial charge in [0.15, 0.2) is 5.96 Å². The number of rotatable bonds is 6. The first kappa shape index (κ1) is 18.9. The molecule has 1 unspecified atom stereocenters. The number of benzene rings is 1. The van der Waals surface area contributed by atoms with E-state index >= 15 is 0 Å². The first-order chi connectivity index (χ1) is 13.8. The van der Waals surface area contributed by atoms with Crippen LogP contribution in [0.1, 0.15) is 29.3 Å². The van der Waals surface area contributed by atoms with E-state index in [-0.39, 0.29) is 0 Å². The highest BCUT2D eigenvalue weighted by Gasteiger charge is 2.24. The molecule has 3 aromatic rings. The molecule has 1 atom stereocenters. The maximum absolute atomic E-state index is 4.44. The number of nitrogens with zero attached hydrogens (tertiary/aromatic N) is 3. The van der Waals surface area contributed by atoms with Crippen molar-refractivity contribution in [2.24, 2.45) is 4.99 Å². The number of likely N-dealkylation sites (tertiary alicyclic amines) is 1. The molecule has 28 heavy (non-hydrogen) atoms. The fourth-order valence-corrected chi connectivity index (χ4v) is 4.71. The van der Waals surface area contributed by atoms with Gasteiger partial charge in [-0.05, 0) is 55.1 Å². The number of fused-ring (bicyclic) bond motifs is 1. The molecule has 0 amide bonds. The monoisotopic (exact) mass is 393 g/mol. The molecule has 0 spiro atoms. The molecule has 3 heterocycles. The van der Waals surface area contributed by atoms with Crippen molar-refractivity contribution in [3.8, 4) is 0 Å². The van der Waals surface area contributed by atoms with Crippen molar-refractivity contribution < 1.29 is 0 Å². The Labute approximate surface area is 170 Å². The number of pyridine rings is 1. The number of guanidine groups is 1. The molecule has 1 aliphatic heterocycles. The first-order valence-electron chi connectivity index (χ1n) is 9.90. The third-order valence-corrected chi connectivity index (χ3v) is 6.30. The molecule has 1 saturated heterocycles. The Hall–Kier alpha value is -2.44. The second kappa shape index (κ2) is 9.17. The van der Waals surface area contributed by atoms with Crippen molar-refractivity contribution in [2.75, 3.05) is 26.7 Å². The van der Waals surface area contributed by atoms with Crippen LogP contribution in [-0.4, -0.2) is 42.5 Å². The van der Waals surface area contributed by atoms with Crippen LogP contribution < -0.4 is 10.6 Å². The van der Waals surface area contributed by atoms with Gasteiger partial charge in [0.25, 0.3) is 0 Å². The largest absolute Gasteiger partial charge is 0.354 e. The molecule has 6 heteroatoms. The summed E-state index contributed by atoms with van der Waals surface area (Å²) in [5.74, 6) is 0.835. The third kappa shape index (κ3) is 4.34. The Kier molecular flexibility index (Phi) is 6.19. The normalized spacial score (nSPS) is 16.4. The molecule has 0 aliphatic carbocycles. The minimum atomic E-state index is 0.405. The molecule has 0 saturated carbocycles. The Balaban J connectivity index is 1.40. The van der Waals surface area contributed by atoms with Gasteiger partial charge in [-0.1, -0.05) is 24.3 Å². The van der Waals surface area contributed by atoms with Crippen LogP contribution in [0, 0.1) is 0 Å². The lowest BCUT2D eigenvalue weighted by Gasteiger charge is -2.27. The van der Waals surface area contributed by atoms with Gasteiger partial charge < -0.3 is 10.6 Å². The van der Waals surface area contributed by atoms with Crippen LogP contribution in [0.5, 0.6) is 0 Å². The van der Waals surface area contributed by atoms with E-state index in [0.717, 1.165) is 24.6 Å². The second-order valence-corrected chi connectivity index (χ2v) is 8.05. The van der Waals surface area contributed by atoms with E-state index in [2.05, 4.69) is 61.2 Å². The lowest BCUT2D eigenvalue weighted by Crippen LogP contribution is -2.42. The summed E-state index contributed by atoms with van der Waals surface area (Å²) in [6.07, 6.45) is 4.46. The van der Waals surface area contributed by atoms with E-state index in [0.29, 0.717) is 6.04 Å². The molecule has 1 aliphatic rings. The van der Waals surface area contributed by atoms with E-state index in [1.165, 1.54) is 41.8 Å². The highest BCUT2D eigenvalue weighted by atomic mass is 32.1. The van der Waals surface area contributed by atoms with Crippen LogP contribution in [-0.2, 0) is 6.54 Å². The van der Waals surface area contributed by atoms with Crippen LogP contribution in [0.2, 0.25) is 0 Å². The minimum Gasteiger partial charge on any atom is -0.354 e. The number of thiophene rings is 1. The highest BCUT2D eigenvalue weighted by molar-refractivity contribution is 7.10. The quantitative estimate of drug-likeness (QED) is 0.494. The van der Waals surface area contributed by atoms with Gasteiger partial charge in [0, 0.05) is 36.6 Å². The van der Waals surface area contributed by atoms with Crippen LogP contribution in [0.15, 0.2) is 59.0 Å². The van der Waals surface area contributed by atoms with E-state index in [4.69, 9.17) is 0 Å². The predicted octanol–water partition coefficient (Wildman–Crippen LogP) is 3.80. The summed E-state index contributed by atoms with van der Waals surface area (Å²) in [6, 6.07) is 15.1. The second-order valence-electron chi connectivity index (χ2n) is 7.07. The van der Waals surface area contributed by atoms with Crippen molar-refractivity contribution in [2.45, 2.75) is 25.4 Å². The molecule has 1 aromatic carbocycles. The summed E-state index contributed by atoms with van der Waals surface area (Å²) >= 11 is 1.84. The van der Waals surface area contributed by atoms with E-state index in [1.807, 2.05) is 36.7 Å². The molecule has 2 N–H and O–H groups in total. The summed E-state index contributed by atoms with van der Waals surface area (Å²) in [7, 11) is 1.83. The van der Waals surface area contributed by atoms with Gasteiger partial charge in [-0.25, -0.2) is 0 Å². The zero-order valence-corrected chi connectivity index (χ0v) is 17.1. The number of aliphatic imine (C=N–C) groups is 1. The van der Waals surface area contributed by atoms with Gasteiger partial charge in [-0.3, -0.25) is 14.9 Å². The minimum absolute atomic E-state index is 0.405. The van der Waals surface area contributed by atoms with Crippen molar-refractivity contribution in [3.63, 3.8) is 0 Å². The maximum atomic E-state index is 4.44. The molecular formula is C22H27N5S. The lowest BCUT2D eigenvalue weighted by molar-refractivity contribution is 0.249. The average molecular weight is 394 g/mol. The predicted molar refractivity (Wildman–Crippen MR) is 118 cm³/mol. The number of hydrogen-bond acceptors (Lipinski definition) is 4. The van der Waals surface area contributed by atoms with Gasteiger partial charge in [0.1, 0.15) is 0 Å². The summed E-state index contributed by atoms with van der Waals surface area (Å²) in [6.45, 7) is 3.94. The standard InChI is InChI=1S/C22H27N5S/c1-23-22(25-15-17-10-11-24-19-8-3-2-7-18(17)19)26-16-20(21-9-6-14-28-21)27-12-4-5-13-27/h2-3,6-11,14,20H,4-5,12-13,15-16H2,1H3,(H2,23,25,26). The van der Waals surface area contributed by atoms with Crippen molar-refractivity contribution in [3.05, 3.63) is 64.5 Å². The smallest absolute Gasteiger partial charge is 0.191 e. The first-order valence-corrected chi connectivity index (χ1v) is 10.8. The van der Waals surface area contributed by atoms with Crippen LogP contribution in [0.3, 0.4) is 0 Å². The number of aromatic nitrogens is 1. The number of nitrogens with one attached hydrogen (secondary N) is 2. The summed E-state index contributed by atoms with van der Waals surface area (Å²) < 4.78 is 0. The van der Waals surface area contributed by atoms with Crippen LogP contribution >= 0.6 is 11.3 Å². The molecule has 1 fully saturated rings. The van der Waals surface area contributed by atoms with Gasteiger partial charge in [0.05, 0.1) is 11.6 Å². The van der Waals surface area contributed by atoms with Gasteiger partial charge in [0.2, 0.25) is 0 Å². The van der Waals surface area contributed by atoms with Crippen LogP contribution in [0.4, 0.5) is 0 Å². The summed E-state index contributed by atoms with van der Waals surface area (Å²) in [5, 5.41) is 10.4. The number of hydrogen-bond donors (Lipinski definition) is 2. The molecule has 5 nitrogen and oxygen atoms in total. The van der Waals surface area contributed by atoms with Crippen molar-refractivity contribution >= 4 is 28.2 Å². The summed E-state index contributed by atoms with van der Waals surface area (Å²) in [4.78, 5) is 12.9. The highest BCUT2D eigenvalue weighted by Crippen LogP contribution is 2.27. The van der Waals surface area contributed by atoms with Crippen molar-refractivity contribution in [1.82, 2.24) is 20.5 Å². The Morgan fingerprint density at radius 2 is 2.00 bits per heavy atom. The topological polar surface area (TPSA) is 52.6 Å². The van der Waals surface area contributed by atoms with E-state index in [9.17, 15) is 0 Å². The maximum Gasteiger partial charge on any atom is 0.191 e. The molecule has 146 valence electrons. The fraction of sp³-hybridized carbons (Fsp3) is 0.364. The Morgan fingerprint density at radius 1 is 1.14 bits per heavy atom. The van der Waals surface area contributed by atoms with Gasteiger partial charge in [-0.15, -0.1) is 11.3 Å². The molecule has 2 aromatic heterocycles. The third-order valence-electron chi connectivity index (χ3n) is 5.33. The zero-order valence-electron chi connectivity index (χ0n) is 16.3. The summed E-state index contributed by atoms with van der Waals surface area (Å²) in [5.41, 5.74) is 2.25. The van der Waals surface area contributed by atoms with Gasteiger partial charge in [-0.2, -0.15) is 0 Å². The van der Waals surface area contributed by atoms with Gasteiger partial charge >= 0.3 is 0 Å². The lowest BCUT2D eigenvalue weighted by atomic mass is 10.1. The Bertz CT molecular complexity index is 910. The SMILES string of the molecule is CN=C(NCc1ccnc2ccccc12)NCC(c1cccs1)N1CCCC1. The molecular weight excluding hydrogens is 366 g/mol. The zero-order chi connectivity index (χ0) is 19.2. The number of para-hydroxylation sites is 1. The molecule has 0 radical (unpaired) electrons.